The second-order valence-electron chi connectivity index (χ2n) is 5.85. The minimum absolute atomic E-state index is 0.00254. The van der Waals surface area contributed by atoms with Gasteiger partial charge in [-0.3, -0.25) is 0 Å². The van der Waals surface area contributed by atoms with Crippen molar-refractivity contribution in [2.75, 3.05) is 33.9 Å². The van der Waals surface area contributed by atoms with Crippen LogP contribution < -0.4 is 9.46 Å². The van der Waals surface area contributed by atoms with E-state index in [2.05, 4.69) is 4.72 Å². The normalized spacial score (nSPS) is 12.4. The van der Waals surface area contributed by atoms with Crippen LogP contribution in [0, 0.1) is 0 Å². The van der Waals surface area contributed by atoms with E-state index in [1.165, 1.54) is 32.3 Å². The third kappa shape index (κ3) is 6.00. The zero-order chi connectivity index (χ0) is 20.8. The zero-order valence-corrected chi connectivity index (χ0v) is 18.4. The first-order valence-electron chi connectivity index (χ1n) is 8.48. The number of thiophene rings is 1. The Balaban J connectivity index is 1.98. The molecule has 0 saturated heterocycles. The van der Waals surface area contributed by atoms with Gasteiger partial charge in [-0.1, -0.05) is 0 Å². The van der Waals surface area contributed by atoms with Crippen molar-refractivity contribution in [3.05, 3.63) is 41.3 Å². The van der Waals surface area contributed by atoms with Crippen LogP contribution >= 0.6 is 11.3 Å². The summed E-state index contributed by atoms with van der Waals surface area (Å²) in [6.45, 7) is 3.35. The highest BCUT2D eigenvalue weighted by atomic mass is 32.2. The van der Waals surface area contributed by atoms with Gasteiger partial charge in [0.2, 0.25) is 10.0 Å². The van der Waals surface area contributed by atoms with Crippen LogP contribution in [0.4, 0.5) is 0 Å². The number of ether oxygens (including phenoxy) is 2. The van der Waals surface area contributed by atoms with Gasteiger partial charge in [0.15, 0.2) is 0 Å². The summed E-state index contributed by atoms with van der Waals surface area (Å²) in [5.41, 5.74) is 0. The smallest absolute Gasteiger partial charge is 0.252 e. The summed E-state index contributed by atoms with van der Waals surface area (Å²) >= 11 is 1.03. The van der Waals surface area contributed by atoms with Crippen molar-refractivity contribution in [3.8, 4) is 5.75 Å². The van der Waals surface area contributed by atoms with Crippen LogP contribution in [0.15, 0.2) is 45.5 Å². The summed E-state index contributed by atoms with van der Waals surface area (Å²) < 4.78 is 63.4. The largest absolute Gasteiger partial charge is 0.491 e. The molecular weight excluding hydrogens is 424 g/mol. The van der Waals surface area contributed by atoms with Crippen LogP contribution in [0.3, 0.4) is 0 Å². The van der Waals surface area contributed by atoms with Crippen molar-refractivity contribution in [2.45, 2.75) is 22.6 Å². The molecule has 0 saturated carbocycles. The fourth-order valence-corrected chi connectivity index (χ4v) is 5.66. The molecule has 0 bridgehead atoms. The number of rotatable bonds is 11. The number of hydrogen-bond acceptors (Lipinski definition) is 7. The standard InChI is InChI=1S/C17H24N2O6S3/c1-4-24-11-12-25-14-5-8-16(9-6-14)27(20,21)18-13-15-7-10-17(26-15)28(22,23)19(2)3/h5-10,18H,4,11-13H2,1-3H3. The van der Waals surface area contributed by atoms with E-state index in [4.69, 9.17) is 9.47 Å². The van der Waals surface area contributed by atoms with Crippen molar-refractivity contribution in [1.29, 1.82) is 0 Å². The average molecular weight is 449 g/mol. The molecule has 0 radical (unpaired) electrons. The van der Waals surface area contributed by atoms with E-state index in [0.29, 0.717) is 30.4 Å². The zero-order valence-electron chi connectivity index (χ0n) is 15.9. The maximum atomic E-state index is 12.4. The molecule has 1 aromatic carbocycles. The molecule has 2 aromatic rings. The van der Waals surface area contributed by atoms with Gasteiger partial charge >= 0.3 is 0 Å². The lowest BCUT2D eigenvalue weighted by Crippen LogP contribution is -2.23. The topological polar surface area (TPSA) is 102 Å². The Labute approximate surface area is 170 Å². The molecule has 1 heterocycles. The monoisotopic (exact) mass is 448 g/mol. The van der Waals surface area contributed by atoms with Crippen molar-refractivity contribution < 1.29 is 26.3 Å². The van der Waals surface area contributed by atoms with E-state index in [1.807, 2.05) is 6.92 Å². The Morgan fingerprint density at radius 2 is 1.68 bits per heavy atom. The molecule has 0 aliphatic heterocycles. The molecule has 1 aromatic heterocycles. The van der Waals surface area contributed by atoms with Crippen LogP contribution in [0.25, 0.3) is 0 Å². The van der Waals surface area contributed by atoms with Gasteiger partial charge in [-0.05, 0) is 43.3 Å². The van der Waals surface area contributed by atoms with Crippen molar-refractivity contribution in [3.63, 3.8) is 0 Å². The molecule has 0 fully saturated rings. The summed E-state index contributed by atoms with van der Waals surface area (Å²) in [4.78, 5) is 0.697. The Morgan fingerprint density at radius 3 is 2.29 bits per heavy atom. The number of benzene rings is 1. The minimum Gasteiger partial charge on any atom is -0.491 e. The highest BCUT2D eigenvalue weighted by Gasteiger charge is 2.20. The van der Waals surface area contributed by atoms with E-state index in [1.54, 1.807) is 18.2 Å². The fourth-order valence-electron chi connectivity index (χ4n) is 2.10. The number of hydrogen-bond donors (Lipinski definition) is 1. The predicted octanol–water partition coefficient (Wildman–Crippen LogP) is 1.89. The molecule has 8 nitrogen and oxygen atoms in total. The predicted molar refractivity (Wildman–Crippen MR) is 108 cm³/mol. The van der Waals surface area contributed by atoms with E-state index < -0.39 is 20.0 Å². The maximum Gasteiger partial charge on any atom is 0.252 e. The Kier molecular flexibility index (Phi) is 7.98. The molecule has 1 N–H and O–H groups in total. The summed E-state index contributed by atoms with van der Waals surface area (Å²) in [6, 6.07) is 9.13. The summed E-state index contributed by atoms with van der Waals surface area (Å²) in [6.07, 6.45) is 0. The summed E-state index contributed by atoms with van der Waals surface area (Å²) in [5.74, 6) is 0.551. The molecule has 28 heavy (non-hydrogen) atoms. The van der Waals surface area contributed by atoms with Crippen LogP contribution in [0.2, 0.25) is 0 Å². The number of sulfonamides is 2. The minimum atomic E-state index is -3.73. The van der Waals surface area contributed by atoms with E-state index >= 15 is 0 Å². The third-order valence-corrected chi connectivity index (χ3v) is 8.43. The van der Waals surface area contributed by atoms with Crippen molar-refractivity contribution in [2.24, 2.45) is 0 Å². The molecule has 11 heteroatoms. The van der Waals surface area contributed by atoms with Gasteiger partial charge in [0.1, 0.15) is 16.6 Å². The second kappa shape index (κ2) is 9.81. The fraction of sp³-hybridized carbons (Fsp3) is 0.412. The molecule has 0 atom stereocenters. The molecule has 2 rings (SSSR count). The molecule has 0 aliphatic rings. The lowest BCUT2D eigenvalue weighted by Gasteiger charge is -2.09. The molecule has 156 valence electrons. The van der Waals surface area contributed by atoms with Gasteiger partial charge in [0, 0.05) is 32.1 Å². The van der Waals surface area contributed by atoms with Gasteiger partial charge in [0.25, 0.3) is 10.0 Å². The van der Waals surface area contributed by atoms with Crippen molar-refractivity contribution >= 4 is 31.4 Å². The Morgan fingerprint density at radius 1 is 1.00 bits per heavy atom. The van der Waals surface area contributed by atoms with Gasteiger partial charge < -0.3 is 9.47 Å². The summed E-state index contributed by atoms with van der Waals surface area (Å²) in [7, 11) is -4.36. The number of nitrogens with one attached hydrogen (secondary N) is 1. The molecule has 0 spiro atoms. The first-order valence-corrected chi connectivity index (χ1v) is 12.2. The van der Waals surface area contributed by atoms with Gasteiger partial charge in [-0.2, -0.15) is 0 Å². The summed E-state index contributed by atoms with van der Waals surface area (Å²) in [5, 5.41) is 0. The third-order valence-electron chi connectivity index (χ3n) is 3.64. The van der Waals surface area contributed by atoms with Crippen LogP contribution in [0.1, 0.15) is 11.8 Å². The van der Waals surface area contributed by atoms with E-state index in [-0.39, 0.29) is 15.6 Å². The molecule has 0 unspecified atom stereocenters. The van der Waals surface area contributed by atoms with Gasteiger partial charge in [-0.15, -0.1) is 11.3 Å². The van der Waals surface area contributed by atoms with E-state index in [0.717, 1.165) is 15.6 Å². The molecular formula is C17H24N2O6S3. The quantitative estimate of drug-likeness (QED) is 0.527. The Bertz CT molecular complexity index is 967. The van der Waals surface area contributed by atoms with E-state index in [9.17, 15) is 16.8 Å². The SMILES string of the molecule is CCOCCOc1ccc(S(=O)(=O)NCc2ccc(S(=O)(=O)N(C)C)s2)cc1. The van der Waals surface area contributed by atoms with Crippen molar-refractivity contribution in [1.82, 2.24) is 9.03 Å². The molecule has 0 aliphatic carbocycles. The highest BCUT2D eigenvalue weighted by Crippen LogP contribution is 2.24. The maximum absolute atomic E-state index is 12.4. The van der Waals surface area contributed by atoms with Gasteiger partial charge in [-0.25, -0.2) is 25.9 Å². The van der Waals surface area contributed by atoms with Crippen LogP contribution in [-0.4, -0.2) is 55.1 Å². The first-order chi connectivity index (χ1) is 13.2. The highest BCUT2D eigenvalue weighted by molar-refractivity contribution is 7.91. The lowest BCUT2D eigenvalue weighted by molar-refractivity contribution is 0.110. The average Bonchev–Trinajstić information content (AvgIpc) is 3.14. The van der Waals surface area contributed by atoms with Crippen LogP contribution in [-0.2, 0) is 31.3 Å². The second-order valence-corrected chi connectivity index (χ2v) is 11.2. The molecule has 0 amide bonds. The lowest BCUT2D eigenvalue weighted by atomic mass is 10.3. The first kappa shape index (κ1) is 22.8. The Hall–Kier alpha value is -1.50. The number of nitrogens with zero attached hydrogens (tertiary/aromatic N) is 1. The van der Waals surface area contributed by atoms with Crippen LogP contribution in [0.5, 0.6) is 5.75 Å². The van der Waals surface area contributed by atoms with Gasteiger partial charge in [0.05, 0.1) is 11.5 Å².